The van der Waals surface area contributed by atoms with Gasteiger partial charge in [0.25, 0.3) is 5.60 Å². The van der Waals surface area contributed by atoms with Crippen molar-refractivity contribution in [1.82, 2.24) is 0 Å². The molecule has 2 nitrogen and oxygen atoms in total. The molecule has 0 saturated carbocycles. The van der Waals surface area contributed by atoms with E-state index in [0.717, 1.165) is 0 Å². The van der Waals surface area contributed by atoms with E-state index >= 15 is 0 Å². The fraction of sp³-hybridized carbons (Fsp3) is 1.00. The average Bonchev–Trinajstić information content (AvgIpc) is 2.79. The minimum absolute atomic E-state index is 7.82. The summed E-state index contributed by atoms with van der Waals surface area (Å²) >= 11 is 0. The smallest absolute Gasteiger partial charge is 0.371 e. The highest BCUT2D eigenvalue weighted by Crippen LogP contribution is 2.69. The Morgan fingerprint density at radius 3 is 0.489 bits per heavy atom. The Labute approximate surface area is 232 Å². The summed E-state index contributed by atoms with van der Waals surface area (Å²) in [4.78, 5) is 0. The van der Waals surface area contributed by atoms with Crippen molar-refractivity contribution in [2.75, 3.05) is 0 Å². The summed E-state index contributed by atoms with van der Waals surface area (Å²) in [7, 11) is 0. The lowest BCUT2D eigenvalue weighted by atomic mass is 9.78. The van der Waals surface area contributed by atoms with Crippen LogP contribution in [0.4, 0.5) is 132 Å². The second kappa shape index (κ2) is 10.4. The first-order chi connectivity index (χ1) is 19.5. The maximum Gasteiger partial charge on any atom is 0.460 e. The molecule has 47 heavy (non-hydrogen) atoms. The van der Waals surface area contributed by atoms with Gasteiger partial charge in [0, 0.05) is 0 Å². The molecule has 2 N–H and O–H groups in total. The highest BCUT2D eigenvalue weighted by Gasteiger charge is 3.02. The van der Waals surface area contributed by atoms with Crippen LogP contribution < -0.4 is 0 Å². The summed E-state index contributed by atoms with van der Waals surface area (Å²) < 4.78 is 395. The minimum Gasteiger partial charge on any atom is -0.371 e. The van der Waals surface area contributed by atoms with Crippen LogP contribution in [0.5, 0.6) is 0 Å². The summed E-state index contributed by atoms with van der Waals surface area (Å²) in [5.74, 6) is -107. The first-order valence-corrected chi connectivity index (χ1v) is 9.62. The Balaban J connectivity index is 7.83. The van der Waals surface area contributed by atoms with Gasteiger partial charge in [-0.1, -0.05) is 0 Å². The van der Waals surface area contributed by atoms with Gasteiger partial charge in [0.15, 0.2) is 0 Å². The largest absolute Gasteiger partial charge is 0.460 e. The van der Waals surface area contributed by atoms with Crippen molar-refractivity contribution in [3.8, 4) is 0 Å². The highest BCUT2D eigenvalue weighted by atomic mass is 19.4. The van der Waals surface area contributed by atoms with Gasteiger partial charge in [-0.3, -0.25) is 0 Å². The summed E-state index contributed by atoms with van der Waals surface area (Å²) in [6.07, 6.45) is -25.3. The highest BCUT2D eigenvalue weighted by molar-refractivity contribution is 5.23. The number of halogens is 30. The van der Waals surface area contributed by atoms with E-state index in [4.69, 9.17) is 10.2 Å². The molecule has 0 spiro atoms. The molecule has 284 valence electrons. The number of rotatable bonds is 12. The number of aliphatic hydroxyl groups is 2. The number of hydrogen-bond donors (Lipinski definition) is 2. The molecule has 32 heteroatoms. The second-order valence-corrected chi connectivity index (χ2v) is 8.57. The van der Waals surface area contributed by atoms with Gasteiger partial charge in [0.1, 0.15) is 0 Å². The molecule has 0 aromatic rings. The van der Waals surface area contributed by atoms with Crippen LogP contribution >= 0.6 is 0 Å². The van der Waals surface area contributed by atoms with Crippen LogP contribution in [0.1, 0.15) is 0 Å². The molecule has 0 fully saturated rings. The Kier molecular flexibility index (Phi) is 9.93. The Morgan fingerprint density at radius 1 is 0.191 bits per heavy atom. The quantitative estimate of drug-likeness (QED) is 0.195. The first kappa shape index (κ1) is 44.8. The number of hydrogen-bond acceptors (Lipinski definition) is 2. The molecule has 1 unspecified atom stereocenters. The summed E-state index contributed by atoms with van der Waals surface area (Å²) in [6.45, 7) is 0. The summed E-state index contributed by atoms with van der Waals surface area (Å²) in [6, 6.07) is 0. The van der Waals surface area contributed by atoms with Gasteiger partial charge >= 0.3 is 83.6 Å². The zero-order valence-corrected chi connectivity index (χ0v) is 19.7. The van der Waals surface area contributed by atoms with Crippen molar-refractivity contribution in [3.63, 3.8) is 0 Å². The molecule has 0 radical (unpaired) electrons. The van der Waals surface area contributed by atoms with Gasteiger partial charge in [-0.15, -0.1) is 0 Å². The van der Waals surface area contributed by atoms with Gasteiger partial charge in [-0.2, -0.15) is 132 Å². The minimum atomic E-state index is -10.1. The topological polar surface area (TPSA) is 40.5 Å². The molecule has 0 bridgehead atoms. The predicted octanol–water partition coefficient (Wildman–Crippen LogP) is 8.42. The predicted molar refractivity (Wildman–Crippen MR) is 78.6 cm³/mol. The van der Waals surface area contributed by atoms with Crippen LogP contribution in [-0.4, -0.2) is 99.4 Å². The van der Waals surface area contributed by atoms with Crippen LogP contribution in [0.2, 0.25) is 0 Å². The van der Waals surface area contributed by atoms with E-state index in [0.29, 0.717) is 0 Å². The lowest BCUT2D eigenvalue weighted by Crippen LogP contribution is -2.82. The molecule has 0 rings (SSSR count). The third-order valence-corrected chi connectivity index (χ3v) is 5.61. The van der Waals surface area contributed by atoms with Gasteiger partial charge < -0.3 is 10.2 Å². The normalized spacial score (nSPS) is 18.4. The molecular weight excluding hydrogens is 782 g/mol. The summed E-state index contributed by atoms with van der Waals surface area (Å²) in [5.41, 5.74) is -9.10. The van der Waals surface area contributed by atoms with E-state index in [1.807, 2.05) is 0 Å². The van der Waals surface area contributed by atoms with Crippen molar-refractivity contribution in [2.24, 2.45) is 0 Å². The fourth-order valence-electron chi connectivity index (χ4n) is 2.76. The zero-order chi connectivity index (χ0) is 39.5. The molecule has 0 aliphatic carbocycles. The Bertz CT molecular complexity index is 1150. The molecular formula is C15H2F30O2. The molecule has 0 saturated heterocycles. The van der Waals surface area contributed by atoms with Crippen molar-refractivity contribution < 1.29 is 142 Å². The van der Waals surface area contributed by atoms with E-state index in [-0.39, 0.29) is 0 Å². The van der Waals surface area contributed by atoms with Crippen molar-refractivity contribution in [3.05, 3.63) is 0 Å². The number of alkyl halides is 30. The maximum atomic E-state index is 13.9. The van der Waals surface area contributed by atoms with E-state index in [1.165, 1.54) is 0 Å². The Morgan fingerprint density at radius 2 is 0.340 bits per heavy atom. The Hall–Kier alpha value is -2.18. The lowest BCUT2D eigenvalue weighted by molar-refractivity contribution is -0.508. The molecule has 0 aromatic heterocycles. The third-order valence-electron chi connectivity index (χ3n) is 5.61. The maximum absolute atomic E-state index is 13.9. The first-order valence-electron chi connectivity index (χ1n) is 9.62. The summed E-state index contributed by atoms with van der Waals surface area (Å²) in [5, 5.41) is 16.3. The van der Waals surface area contributed by atoms with Crippen molar-refractivity contribution in [2.45, 2.75) is 89.2 Å². The van der Waals surface area contributed by atoms with Gasteiger partial charge in [0.05, 0.1) is 0 Å². The van der Waals surface area contributed by atoms with Crippen molar-refractivity contribution >= 4 is 0 Å². The van der Waals surface area contributed by atoms with Crippen LogP contribution in [-0.2, 0) is 0 Å². The van der Waals surface area contributed by atoms with E-state index in [9.17, 15) is 132 Å². The molecule has 0 amide bonds. The van der Waals surface area contributed by atoms with Crippen LogP contribution in [0.15, 0.2) is 0 Å². The van der Waals surface area contributed by atoms with E-state index in [1.54, 1.807) is 0 Å². The lowest BCUT2D eigenvalue weighted by Gasteiger charge is -2.48. The van der Waals surface area contributed by atoms with Crippen LogP contribution in [0, 0.1) is 0 Å². The standard InChI is InChI=1S/C15H2F30O2/c16-2(17,1(46,15(44,45)47)3(18,19)13(38,39)40)4(20,21)5(22,23)6(24,25)7(26,27)8(28,29)9(30,31)10(32,33)11(34,35)12(36,37)14(41,42)43/h46-47H. The van der Waals surface area contributed by atoms with E-state index in [2.05, 4.69) is 0 Å². The van der Waals surface area contributed by atoms with Crippen LogP contribution in [0.3, 0.4) is 0 Å². The fourth-order valence-corrected chi connectivity index (χ4v) is 2.76. The zero-order valence-electron chi connectivity index (χ0n) is 19.7. The molecule has 0 heterocycles. The second-order valence-electron chi connectivity index (χ2n) is 8.57. The van der Waals surface area contributed by atoms with Gasteiger partial charge in [-0.25, -0.2) is 0 Å². The molecule has 0 aromatic carbocycles. The van der Waals surface area contributed by atoms with Crippen molar-refractivity contribution in [1.29, 1.82) is 0 Å². The third kappa shape index (κ3) is 5.00. The molecule has 0 aliphatic heterocycles. The average molecular weight is 784 g/mol. The SMILES string of the molecule is OC(F)(F)C(O)(C(F)(F)C(F)(F)F)C(F)(F)C(F)(F)C(F)(F)C(F)(F)C(F)(F)C(F)(F)C(F)(F)C(F)(F)C(F)(F)C(F)(F)C(F)(F)F. The molecule has 1 atom stereocenters. The van der Waals surface area contributed by atoms with Gasteiger partial charge in [-0.05, 0) is 0 Å². The van der Waals surface area contributed by atoms with Gasteiger partial charge in [0.2, 0.25) is 0 Å². The monoisotopic (exact) mass is 784 g/mol. The molecule has 0 aliphatic rings. The van der Waals surface area contributed by atoms with E-state index < -0.39 is 89.2 Å². The van der Waals surface area contributed by atoms with Crippen LogP contribution in [0.25, 0.3) is 0 Å².